The fourth-order valence-electron chi connectivity index (χ4n) is 1.77. The zero-order valence-electron chi connectivity index (χ0n) is 11.0. The number of nitrogens with one attached hydrogen (secondary N) is 1. The highest BCUT2D eigenvalue weighted by atomic mass is 35.5. The smallest absolute Gasteiger partial charge is 0.251 e. The van der Waals surface area contributed by atoms with Crippen molar-refractivity contribution in [2.24, 2.45) is 0 Å². The van der Waals surface area contributed by atoms with Crippen molar-refractivity contribution in [3.8, 4) is 0 Å². The van der Waals surface area contributed by atoms with Gasteiger partial charge in [-0.2, -0.15) is 0 Å². The zero-order chi connectivity index (χ0) is 13.2. The first-order valence-electron chi connectivity index (χ1n) is 6.71. The quantitative estimate of drug-likeness (QED) is 0.564. The van der Waals surface area contributed by atoms with E-state index in [9.17, 15) is 4.79 Å². The molecule has 0 saturated carbocycles. The lowest BCUT2D eigenvalue weighted by Crippen LogP contribution is -2.24. The molecule has 0 saturated heterocycles. The molecule has 0 spiro atoms. The largest absolute Gasteiger partial charge is 0.352 e. The average Bonchev–Trinajstić information content (AvgIpc) is 2.42. The number of aryl methyl sites for hydroxylation is 1. The second-order valence-corrected chi connectivity index (χ2v) is 4.79. The van der Waals surface area contributed by atoms with Crippen molar-refractivity contribution < 1.29 is 4.79 Å². The van der Waals surface area contributed by atoms with Gasteiger partial charge in [0.1, 0.15) is 0 Å². The molecule has 0 heterocycles. The standard InChI is InChI=1S/C15H22ClNO/c1-2-13-7-9-14(10-8-13)15(18)17-12-6-4-3-5-11-16/h7-10H,2-6,11-12H2,1H3,(H,17,18). The van der Waals surface area contributed by atoms with Crippen molar-refractivity contribution in [3.05, 3.63) is 35.4 Å². The molecule has 3 heteroatoms. The Morgan fingerprint density at radius 1 is 1.11 bits per heavy atom. The third kappa shape index (κ3) is 5.54. The highest BCUT2D eigenvalue weighted by molar-refractivity contribution is 6.17. The molecule has 1 amide bonds. The third-order valence-electron chi connectivity index (χ3n) is 2.97. The van der Waals surface area contributed by atoms with E-state index in [0.29, 0.717) is 0 Å². The van der Waals surface area contributed by atoms with Gasteiger partial charge in [0, 0.05) is 18.0 Å². The van der Waals surface area contributed by atoms with Gasteiger partial charge in [-0.05, 0) is 37.0 Å². The van der Waals surface area contributed by atoms with Crippen LogP contribution in [0.3, 0.4) is 0 Å². The van der Waals surface area contributed by atoms with Gasteiger partial charge >= 0.3 is 0 Å². The van der Waals surface area contributed by atoms with Gasteiger partial charge in [-0.25, -0.2) is 0 Å². The molecule has 2 nitrogen and oxygen atoms in total. The molecule has 0 fully saturated rings. The van der Waals surface area contributed by atoms with Gasteiger partial charge in [0.05, 0.1) is 0 Å². The number of hydrogen-bond acceptors (Lipinski definition) is 1. The number of carbonyl (C=O) groups excluding carboxylic acids is 1. The maximum Gasteiger partial charge on any atom is 0.251 e. The Morgan fingerprint density at radius 2 is 1.78 bits per heavy atom. The molecule has 0 atom stereocenters. The van der Waals surface area contributed by atoms with Gasteiger partial charge in [0.2, 0.25) is 0 Å². The molecule has 100 valence electrons. The predicted octanol–water partition coefficient (Wildman–Crippen LogP) is 3.78. The normalized spacial score (nSPS) is 10.3. The zero-order valence-corrected chi connectivity index (χ0v) is 11.8. The summed E-state index contributed by atoms with van der Waals surface area (Å²) < 4.78 is 0. The first-order chi connectivity index (χ1) is 8.77. The Labute approximate surface area is 115 Å². The van der Waals surface area contributed by atoms with E-state index >= 15 is 0 Å². The maximum atomic E-state index is 11.8. The lowest BCUT2D eigenvalue weighted by atomic mass is 10.1. The van der Waals surface area contributed by atoms with Crippen LogP contribution in [0.2, 0.25) is 0 Å². The lowest BCUT2D eigenvalue weighted by Gasteiger charge is -2.05. The van der Waals surface area contributed by atoms with Crippen molar-refractivity contribution in [3.63, 3.8) is 0 Å². The molecular weight excluding hydrogens is 246 g/mol. The molecule has 0 aliphatic rings. The minimum Gasteiger partial charge on any atom is -0.352 e. The molecule has 1 N–H and O–H groups in total. The summed E-state index contributed by atoms with van der Waals surface area (Å²) in [5.41, 5.74) is 2.00. The van der Waals surface area contributed by atoms with Gasteiger partial charge in [-0.15, -0.1) is 11.6 Å². The van der Waals surface area contributed by atoms with E-state index in [1.165, 1.54) is 5.56 Å². The Morgan fingerprint density at radius 3 is 2.39 bits per heavy atom. The Bertz CT molecular complexity index is 348. The van der Waals surface area contributed by atoms with Crippen molar-refractivity contribution in [1.29, 1.82) is 0 Å². The first-order valence-corrected chi connectivity index (χ1v) is 7.24. The fourth-order valence-corrected chi connectivity index (χ4v) is 1.96. The molecule has 18 heavy (non-hydrogen) atoms. The summed E-state index contributed by atoms with van der Waals surface area (Å²) >= 11 is 5.60. The number of unbranched alkanes of at least 4 members (excludes halogenated alkanes) is 3. The Kier molecular flexibility index (Phi) is 7.51. The van der Waals surface area contributed by atoms with Gasteiger partial charge in [-0.3, -0.25) is 4.79 Å². The summed E-state index contributed by atoms with van der Waals surface area (Å²) in [5, 5.41) is 2.94. The van der Waals surface area contributed by atoms with Crippen LogP contribution in [0, 0.1) is 0 Å². The highest BCUT2D eigenvalue weighted by Crippen LogP contribution is 2.05. The summed E-state index contributed by atoms with van der Waals surface area (Å²) in [5.74, 6) is 0.755. The van der Waals surface area contributed by atoms with Gasteiger partial charge in [-0.1, -0.05) is 31.9 Å². The van der Waals surface area contributed by atoms with Crippen LogP contribution in [0.1, 0.15) is 48.5 Å². The summed E-state index contributed by atoms with van der Waals surface area (Å²) in [6.07, 6.45) is 5.36. The van der Waals surface area contributed by atoms with Crippen molar-refractivity contribution in [1.82, 2.24) is 5.32 Å². The number of rotatable bonds is 8. The number of amides is 1. The number of hydrogen-bond donors (Lipinski definition) is 1. The monoisotopic (exact) mass is 267 g/mol. The van der Waals surface area contributed by atoms with E-state index in [4.69, 9.17) is 11.6 Å². The number of alkyl halides is 1. The number of carbonyl (C=O) groups is 1. The molecule has 1 rings (SSSR count). The molecule has 0 unspecified atom stereocenters. The van der Waals surface area contributed by atoms with Crippen LogP contribution in [-0.2, 0) is 6.42 Å². The first kappa shape index (κ1) is 15.0. The van der Waals surface area contributed by atoms with Gasteiger partial charge in [0.25, 0.3) is 5.91 Å². The van der Waals surface area contributed by atoms with Crippen LogP contribution in [0.4, 0.5) is 0 Å². The second kappa shape index (κ2) is 8.98. The van der Waals surface area contributed by atoms with E-state index < -0.39 is 0 Å². The van der Waals surface area contributed by atoms with Crippen LogP contribution < -0.4 is 5.32 Å². The lowest BCUT2D eigenvalue weighted by molar-refractivity contribution is 0.0953. The van der Waals surface area contributed by atoms with Crippen LogP contribution in [0.5, 0.6) is 0 Å². The number of halogens is 1. The van der Waals surface area contributed by atoms with Crippen molar-refractivity contribution in [2.45, 2.75) is 39.0 Å². The highest BCUT2D eigenvalue weighted by Gasteiger charge is 2.03. The molecule has 1 aromatic rings. The van der Waals surface area contributed by atoms with Crippen LogP contribution in [0.15, 0.2) is 24.3 Å². The number of benzene rings is 1. The molecule has 0 aliphatic heterocycles. The third-order valence-corrected chi connectivity index (χ3v) is 3.24. The maximum absolute atomic E-state index is 11.8. The van der Waals surface area contributed by atoms with E-state index in [-0.39, 0.29) is 5.91 Å². The van der Waals surface area contributed by atoms with Crippen molar-refractivity contribution in [2.75, 3.05) is 12.4 Å². The van der Waals surface area contributed by atoms with E-state index in [0.717, 1.165) is 50.1 Å². The average molecular weight is 268 g/mol. The van der Waals surface area contributed by atoms with E-state index in [1.807, 2.05) is 24.3 Å². The summed E-state index contributed by atoms with van der Waals surface area (Å²) in [6, 6.07) is 7.80. The van der Waals surface area contributed by atoms with Crippen LogP contribution in [-0.4, -0.2) is 18.3 Å². The summed E-state index contributed by atoms with van der Waals surface area (Å²) in [4.78, 5) is 11.8. The molecule has 1 aromatic carbocycles. The SMILES string of the molecule is CCc1ccc(C(=O)NCCCCCCCl)cc1. The molecular formula is C15H22ClNO. The van der Waals surface area contributed by atoms with E-state index in [2.05, 4.69) is 12.2 Å². The summed E-state index contributed by atoms with van der Waals surface area (Å²) in [7, 11) is 0. The predicted molar refractivity (Wildman–Crippen MR) is 77.3 cm³/mol. The van der Waals surface area contributed by atoms with Crippen LogP contribution >= 0.6 is 11.6 Å². The Balaban J connectivity index is 2.23. The second-order valence-electron chi connectivity index (χ2n) is 4.41. The molecule has 0 aromatic heterocycles. The molecule has 0 bridgehead atoms. The Hall–Kier alpha value is -1.02. The summed E-state index contributed by atoms with van der Waals surface area (Å²) in [6.45, 7) is 2.85. The van der Waals surface area contributed by atoms with Gasteiger partial charge in [0.15, 0.2) is 0 Å². The van der Waals surface area contributed by atoms with Crippen LogP contribution in [0.25, 0.3) is 0 Å². The van der Waals surface area contributed by atoms with E-state index in [1.54, 1.807) is 0 Å². The molecule has 0 radical (unpaired) electrons. The van der Waals surface area contributed by atoms with Crippen molar-refractivity contribution >= 4 is 17.5 Å². The minimum atomic E-state index is 0.0231. The fraction of sp³-hybridized carbons (Fsp3) is 0.533. The topological polar surface area (TPSA) is 29.1 Å². The minimum absolute atomic E-state index is 0.0231. The molecule has 0 aliphatic carbocycles. The van der Waals surface area contributed by atoms with Gasteiger partial charge < -0.3 is 5.32 Å².